The van der Waals surface area contributed by atoms with Gasteiger partial charge in [0.15, 0.2) is 19.0 Å². The molecule has 8 nitrogen and oxygen atoms in total. The average Bonchev–Trinajstić information content (AvgIpc) is 2.48. The number of nitro benzene ring substituents is 1. The zero-order valence-electron chi connectivity index (χ0n) is 12.1. The number of sulfone groups is 1. The molecule has 0 spiro atoms. The van der Waals surface area contributed by atoms with Crippen LogP contribution in [0.4, 0.5) is 32.0 Å². The second-order valence-corrected chi connectivity index (χ2v) is 6.34. The summed E-state index contributed by atoms with van der Waals surface area (Å²) in [6.07, 6.45) is -4.82. The highest BCUT2D eigenvalue weighted by Crippen LogP contribution is 2.35. The topological polar surface area (TPSA) is 113 Å². The zero-order chi connectivity index (χ0) is 20.3. The van der Waals surface area contributed by atoms with Crippen molar-refractivity contribution in [1.29, 1.82) is 0 Å². The Morgan fingerprint density at radius 2 is 1.73 bits per heavy atom. The van der Waals surface area contributed by atoms with Gasteiger partial charge in [0.2, 0.25) is 0 Å². The first-order valence-electron chi connectivity index (χ1n) is 6.10. The monoisotopic (exact) mass is 411 g/mol. The summed E-state index contributed by atoms with van der Waals surface area (Å²) in [5.41, 5.74) is -6.97. The van der Waals surface area contributed by atoms with E-state index in [9.17, 15) is 49.7 Å². The Balaban J connectivity index is 3.01. The second kappa shape index (κ2) is 7.35. The summed E-state index contributed by atoms with van der Waals surface area (Å²) >= 11 is 0. The number of rotatable bonds is 6. The molecule has 0 heterocycles. The minimum Gasteiger partial charge on any atom is -0.475 e. The molecule has 0 amide bonds. The minimum atomic E-state index is -5.88. The van der Waals surface area contributed by atoms with Gasteiger partial charge in [0.05, 0.1) is 9.82 Å². The highest BCUT2D eigenvalue weighted by atomic mass is 32.2. The van der Waals surface area contributed by atoms with E-state index in [0.717, 1.165) is 0 Å². The van der Waals surface area contributed by atoms with Gasteiger partial charge in [0, 0.05) is 6.07 Å². The maximum atomic E-state index is 12.4. The molecule has 0 aromatic heterocycles. The first-order valence-corrected chi connectivity index (χ1v) is 7.58. The molecule has 0 aliphatic carbocycles. The van der Waals surface area contributed by atoms with Crippen molar-refractivity contribution in [2.45, 2.75) is 16.6 Å². The predicted octanol–water partition coefficient (Wildman–Crippen LogP) is 2.37. The Morgan fingerprint density at radius 3 is 2.19 bits per heavy atom. The number of hydrogen-bond acceptors (Lipinski definition) is 7. The summed E-state index contributed by atoms with van der Waals surface area (Å²) < 4.78 is 104. The van der Waals surface area contributed by atoms with Crippen LogP contribution in [0.2, 0.25) is 0 Å². The van der Waals surface area contributed by atoms with Gasteiger partial charge in [-0.3, -0.25) is 10.1 Å². The van der Waals surface area contributed by atoms with E-state index in [1.807, 2.05) is 0 Å². The largest absolute Gasteiger partial charge is 0.501 e. The summed E-state index contributed by atoms with van der Waals surface area (Å²) in [5.74, 6) is -2.41. The van der Waals surface area contributed by atoms with Crippen LogP contribution in [0.5, 0.6) is 5.75 Å². The third-order valence-corrected chi connectivity index (χ3v) is 3.97. The lowest BCUT2D eigenvalue weighted by atomic mass is 10.3. The van der Waals surface area contributed by atoms with Gasteiger partial charge in [-0.05, 0) is 12.1 Å². The van der Waals surface area contributed by atoms with Crippen LogP contribution in [-0.4, -0.2) is 44.2 Å². The van der Waals surface area contributed by atoms with Gasteiger partial charge in [-0.25, -0.2) is 13.2 Å². The fourth-order valence-electron chi connectivity index (χ4n) is 1.40. The molecule has 1 aromatic rings. The van der Waals surface area contributed by atoms with Crippen LogP contribution in [0.3, 0.4) is 0 Å². The summed E-state index contributed by atoms with van der Waals surface area (Å²) in [6.45, 7) is -3.18. The highest BCUT2D eigenvalue weighted by molar-refractivity contribution is 7.92. The molecule has 1 rings (SSSR count). The molecule has 0 aliphatic rings. The quantitative estimate of drug-likeness (QED) is 0.306. The van der Waals surface area contributed by atoms with Gasteiger partial charge in [-0.2, -0.15) is 26.3 Å². The van der Waals surface area contributed by atoms with E-state index < -0.39 is 62.0 Å². The predicted molar refractivity (Wildman–Crippen MR) is 68.8 cm³/mol. The lowest BCUT2D eigenvalue weighted by Crippen LogP contribution is -2.24. The molecule has 0 fully saturated rings. The van der Waals surface area contributed by atoms with Crippen molar-refractivity contribution in [3.8, 4) is 5.75 Å². The molecule has 0 radical (unpaired) electrons. The number of benzene rings is 1. The van der Waals surface area contributed by atoms with Crippen LogP contribution in [0.1, 0.15) is 0 Å². The SMILES string of the molecule is O=C(COc1ccc(S(=O)(=O)C(F)(F)F)cc1[N+](=O)[O-])OCC(F)(F)F. The molecule has 0 aliphatic heterocycles. The van der Waals surface area contributed by atoms with Gasteiger partial charge in [0.25, 0.3) is 9.84 Å². The maximum Gasteiger partial charge on any atom is 0.501 e. The summed E-state index contributed by atoms with van der Waals surface area (Å²) in [7, 11) is -5.88. The molecular weight excluding hydrogens is 404 g/mol. The van der Waals surface area contributed by atoms with Crippen molar-refractivity contribution in [3.05, 3.63) is 28.3 Å². The Bertz CT molecular complexity index is 802. The maximum absolute atomic E-state index is 12.4. The number of alkyl halides is 6. The molecule has 1 aromatic carbocycles. The standard InChI is InChI=1S/C11H7F6NO7S/c12-10(13,14)5-25-9(19)4-24-8-2-1-6(3-7(8)18(20)21)26(22,23)11(15,16)17/h1-3H,4-5H2. The molecule has 26 heavy (non-hydrogen) atoms. The van der Waals surface area contributed by atoms with Gasteiger partial charge >= 0.3 is 23.3 Å². The second-order valence-electron chi connectivity index (χ2n) is 4.40. The van der Waals surface area contributed by atoms with Crippen molar-refractivity contribution in [2.24, 2.45) is 0 Å². The van der Waals surface area contributed by atoms with Crippen LogP contribution in [-0.2, 0) is 19.4 Å². The molecule has 0 atom stereocenters. The Kier molecular flexibility index (Phi) is 6.06. The molecule has 0 unspecified atom stereocenters. The number of carbonyl (C=O) groups is 1. The Labute approximate surface area is 140 Å². The third-order valence-electron chi connectivity index (χ3n) is 2.48. The van der Waals surface area contributed by atoms with E-state index in [4.69, 9.17) is 0 Å². The first-order chi connectivity index (χ1) is 11.6. The molecule has 146 valence electrons. The number of esters is 1. The van der Waals surface area contributed by atoms with Gasteiger partial charge < -0.3 is 9.47 Å². The lowest BCUT2D eigenvalue weighted by Gasteiger charge is -2.11. The van der Waals surface area contributed by atoms with Gasteiger partial charge in [-0.15, -0.1) is 0 Å². The van der Waals surface area contributed by atoms with Crippen molar-refractivity contribution in [3.63, 3.8) is 0 Å². The summed E-state index contributed by atoms with van der Waals surface area (Å²) in [6, 6.07) is 0.819. The van der Waals surface area contributed by atoms with Crippen LogP contribution < -0.4 is 4.74 Å². The van der Waals surface area contributed by atoms with E-state index in [1.54, 1.807) is 0 Å². The number of nitro groups is 1. The van der Waals surface area contributed by atoms with Crippen molar-refractivity contribution in [2.75, 3.05) is 13.2 Å². The third kappa shape index (κ3) is 5.47. The molecular formula is C11H7F6NO7S. The smallest absolute Gasteiger partial charge is 0.475 e. The minimum absolute atomic E-state index is 0.0409. The fourth-order valence-corrected chi connectivity index (χ4v) is 2.18. The van der Waals surface area contributed by atoms with Gasteiger partial charge in [-0.1, -0.05) is 0 Å². The van der Waals surface area contributed by atoms with Crippen molar-refractivity contribution in [1.82, 2.24) is 0 Å². The van der Waals surface area contributed by atoms with E-state index in [0.29, 0.717) is 12.1 Å². The van der Waals surface area contributed by atoms with Gasteiger partial charge in [0.1, 0.15) is 0 Å². The lowest BCUT2D eigenvalue weighted by molar-refractivity contribution is -0.386. The van der Waals surface area contributed by atoms with Crippen molar-refractivity contribution >= 4 is 21.5 Å². The number of halogens is 6. The highest BCUT2D eigenvalue weighted by Gasteiger charge is 2.47. The number of ether oxygens (including phenoxy) is 2. The van der Waals surface area contributed by atoms with E-state index >= 15 is 0 Å². The van der Waals surface area contributed by atoms with Crippen LogP contribution in [0.15, 0.2) is 23.1 Å². The number of nitrogens with zero attached hydrogens (tertiary/aromatic N) is 1. The van der Waals surface area contributed by atoms with E-state index in [1.165, 1.54) is 0 Å². The van der Waals surface area contributed by atoms with E-state index in [-0.39, 0.29) is 6.07 Å². The normalized spacial score (nSPS) is 12.5. The molecule has 0 bridgehead atoms. The number of carbonyl (C=O) groups excluding carboxylic acids is 1. The molecule has 0 saturated carbocycles. The first kappa shape index (κ1) is 21.5. The van der Waals surface area contributed by atoms with Crippen LogP contribution in [0.25, 0.3) is 0 Å². The molecule has 15 heteroatoms. The van der Waals surface area contributed by atoms with Crippen LogP contribution >= 0.6 is 0 Å². The molecule has 0 N–H and O–H groups in total. The van der Waals surface area contributed by atoms with E-state index in [2.05, 4.69) is 9.47 Å². The Hall–Kier alpha value is -2.58. The average molecular weight is 411 g/mol. The summed E-state index contributed by atoms with van der Waals surface area (Å²) in [4.78, 5) is 19.1. The Morgan fingerprint density at radius 1 is 1.15 bits per heavy atom. The fraction of sp³-hybridized carbons (Fsp3) is 0.364. The molecule has 0 saturated heterocycles. The zero-order valence-corrected chi connectivity index (χ0v) is 12.9. The van der Waals surface area contributed by atoms with Crippen molar-refractivity contribution < 1.29 is 54.0 Å². The summed E-state index contributed by atoms with van der Waals surface area (Å²) in [5, 5.41) is 10.8. The van der Waals surface area contributed by atoms with Crippen LogP contribution in [0, 0.1) is 10.1 Å². The number of hydrogen-bond donors (Lipinski definition) is 0.